The predicted molar refractivity (Wildman–Crippen MR) is 106 cm³/mol. The summed E-state index contributed by atoms with van der Waals surface area (Å²) in [6.07, 6.45) is 1.51. The van der Waals surface area contributed by atoms with Gasteiger partial charge in [-0.3, -0.25) is 0 Å². The molecule has 2 aromatic rings. The summed E-state index contributed by atoms with van der Waals surface area (Å²) in [7, 11) is 0. The van der Waals surface area contributed by atoms with Gasteiger partial charge in [-0.1, -0.05) is 47.5 Å². The molecule has 0 N–H and O–H groups in total. The monoisotopic (exact) mass is 363 g/mol. The lowest BCUT2D eigenvalue weighted by Crippen LogP contribution is -2.37. The molecule has 2 aromatic carbocycles. The van der Waals surface area contributed by atoms with Gasteiger partial charge in [0.2, 0.25) is 0 Å². The molecule has 2 aliphatic rings. The van der Waals surface area contributed by atoms with Crippen molar-refractivity contribution in [3.05, 3.63) is 70.3 Å². The van der Waals surface area contributed by atoms with Crippen molar-refractivity contribution in [2.75, 3.05) is 19.7 Å². The number of hydrogen-bond donors (Lipinski definition) is 0. The summed E-state index contributed by atoms with van der Waals surface area (Å²) in [5, 5.41) is 0. The molecule has 0 saturated carbocycles. The lowest BCUT2D eigenvalue weighted by Gasteiger charge is -2.29. The fraction of sp³-hybridized carbons (Fsp3) is 0.348. The Kier molecular flexibility index (Phi) is 4.88. The van der Waals surface area contributed by atoms with Crippen molar-refractivity contribution in [2.45, 2.75) is 33.3 Å². The second-order valence-corrected chi connectivity index (χ2v) is 7.11. The van der Waals surface area contributed by atoms with Gasteiger partial charge in [0.15, 0.2) is 0 Å². The summed E-state index contributed by atoms with van der Waals surface area (Å²) in [4.78, 5) is 13.8. The second-order valence-electron chi connectivity index (χ2n) is 7.11. The van der Waals surface area contributed by atoms with Crippen LogP contribution in [0.25, 0.3) is 5.57 Å². The number of hydrogen-bond acceptors (Lipinski definition) is 3. The lowest BCUT2D eigenvalue weighted by molar-refractivity contribution is 0.104. The molecule has 0 aromatic heterocycles. The first-order valence-electron chi connectivity index (χ1n) is 9.63. The van der Waals surface area contributed by atoms with E-state index < -0.39 is 0 Å². The highest BCUT2D eigenvalue weighted by Gasteiger charge is 2.26. The summed E-state index contributed by atoms with van der Waals surface area (Å²) in [5.41, 5.74) is 7.54. The SMILES string of the molecule is CCOC(=O)N1CCC(=C2c3ccc(C)cc3COc3ccccc32)CC1. The Morgan fingerprint density at radius 3 is 2.67 bits per heavy atom. The van der Waals surface area contributed by atoms with Gasteiger partial charge in [0.25, 0.3) is 0 Å². The van der Waals surface area contributed by atoms with Gasteiger partial charge in [0.05, 0.1) is 6.61 Å². The largest absolute Gasteiger partial charge is 0.488 e. The quantitative estimate of drug-likeness (QED) is 0.720. The molecule has 0 radical (unpaired) electrons. The van der Waals surface area contributed by atoms with Crippen LogP contribution in [0.15, 0.2) is 48.0 Å². The number of nitrogens with zero attached hydrogens (tertiary/aromatic N) is 1. The molecular formula is C23H25NO3. The smallest absolute Gasteiger partial charge is 0.409 e. The zero-order chi connectivity index (χ0) is 18.8. The molecule has 4 heteroatoms. The van der Waals surface area contributed by atoms with Gasteiger partial charge in [0.1, 0.15) is 12.4 Å². The average molecular weight is 363 g/mol. The van der Waals surface area contributed by atoms with Gasteiger partial charge in [-0.15, -0.1) is 0 Å². The number of ether oxygens (including phenoxy) is 2. The summed E-state index contributed by atoms with van der Waals surface area (Å²) < 4.78 is 11.3. The molecule has 2 heterocycles. The number of benzene rings is 2. The molecule has 2 aliphatic heterocycles. The Morgan fingerprint density at radius 2 is 1.89 bits per heavy atom. The first kappa shape index (κ1) is 17.7. The molecular weight excluding hydrogens is 338 g/mol. The number of amides is 1. The Morgan fingerprint density at radius 1 is 1.11 bits per heavy atom. The topological polar surface area (TPSA) is 38.8 Å². The molecule has 1 fully saturated rings. The molecule has 27 heavy (non-hydrogen) atoms. The number of fused-ring (bicyclic) bond motifs is 2. The molecule has 4 rings (SSSR count). The standard InChI is InChI=1S/C23H25NO3/c1-3-26-23(25)24-12-10-17(11-13-24)22-19-9-8-16(2)14-18(19)15-27-21-7-5-4-6-20(21)22/h4-9,14H,3,10-13,15H2,1-2H3. The lowest BCUT2D eigenvalue weighted by atomic mass is 9.86. The Labute approximate surface area is 160 Å². The molecule has 0 unspecified atom stereocenters. The molecule has 140 valence electrons. The summed E-state index contributed by atoms with van der Waals surface area (Å²) >= 11 is 0. The fourth-order valence-electron chi connectivity index (χ4n) is 3.99. The number of para-hydroxylation sites is 1. The van der Waals surface area contributed by atoms with Gasteiger partial charge in [-0.25, -0.2) is 4.79 Å². The minimum atomic E-state index is -0.206. The van der Waals surface area contributed by atoms with E-state index in [4.69, 9.17) is 9.47 Å². The van der Waals surface area contributed by atoms with E-state index >= 15 is 0 Å². The van der Waals surface area contributed by atoms with Crippen LogP contribution in [-0.2, 0) is 11.3 Å². The molecule has 0 bridgehead atoms. The van der Waals surface area contributed by atoms with Gasteiger partial charge in [-0.05, 0) is 49.5 Å². The highest BCUT2D eigenvalue weighted by molar-refractivity contribution is 5.87. The molecule has 0 spiro atoms. The number of aryl methyl sites for hydroxylation is 1. The minimum absolute atomic E-state index is 0.206. The number of carbonyl (C=O) groups is 1. The average Bonchev–Trinajstić information content (AvgIpc) is 2.85. The third-order valence-electron chi connectivity index (χ3n) is 5.32. The number of carbonyl (C=O) groups excluding carboxylic acids is 1. The van der Waals surface area contributed by atoms with Crippen LogP contribution in [0.3, 0.4) is 0 Å². The van der Waals surface area contributed by atoms with E-state index in [1.807, 2.05) is 24.0 Å². The van der Waals surface area contributed by atoms with Gasteiger partial charge in [-0.2, -0.15) is 0 Å². The van der Waals surface area contributed by atoms with Crippen LogP contribution in [0.1, 0.15) is 42.0 Å². The van der Waals surface area contributed by atoms with Crippen molar-refractivity contribution in [3.8, 4) is 5.75 Å². The highest BCUT2D eigenvalue weighted by Crippen LogP contribution is 2.41. The van der Waals surface area contributed by atoms with Crippen LogP contribution in [0.5, 0.6) is 5.75 Å². The van der Waals surface area contributed by atoms with Crippen LogP contribution < -0.4 is 4.74 Å². The number of rotatable bonds is 1. The van der Waals surface area contributed by atoms with Crippen LogP contribution in [0.2, 0.25) is 0 Å². The van der Waals surface area contributed by atoms with Crippen LogP contribution in [0, 0.1) is 6.92 Å². The normalized spacial score (nSPS) is 16.1. The maximum Gasteiger partial charge on any atom is 0.409 e. The van der Waals surface area contributed by atoms with Crippen LogP contribution in [-0.4, -0.2) is 30.7 Å². The third kappa shape index (κ3) is 3.44. The molecule has 4 nitrogen and oxygen atoms in total. The molecule has 0 aliphatic carbocycles. The summed E-state index contributed by atoms with van der Waals surface area (Å²) in [5.74, 6) is 0.932. The number of likely N-dealkylation sites (tertiary alicyclic amines) is 1. The van der Waals surface area contributed by atoms with Gasteiger partial charge in [0, 0.05) is 18.7 Å². The van der Waals surface area contributed by atoms with Gasteiger partial charge < -0.3 is 14.4 Å². The van der Waals surface area contributed by atoms with E-state index in [1.54, 1.807) is 0 Å². The third-order valence-corrected chi connectivity index (χ3v) is 5.32. The molecule has 0 atom stereocenters. The van der Waals surface area contributed by atoms with Crippen molar-refractivity contribution in [2.24, 2.45) is 0 Å². The van der Waals surface area contributed by atoms with E-state index in [2.05, 4.69) is 37.3 Å². The first-order valence-corrected chi connectivity index (χ1v) is 9.63. The van der Waals surface area contributed by atoms with E-state index in [0.717, 1.165) is 24.2 Å². The zero-order valence-electron chi connectivity index (χ0n) is 16.0. The Bertz CT molecular complexity index is 890. The number of piperidine rings is 1. The van der Waals surface area contributed by atoms with Crippen molar-refractivity contribution in [1.29, 1.82) is 0 Å². The Hall–Kier alpha value is -2.75. The van der Waals surface area contributed by atoms with Crippen LogP contribution in [0.4, 0.5) is 4.79 Å². The maximum absolute atomic E-state index is 12.0. The fourth-order valence-corrected chi connectivity index (χ4v) is 3.99. The first-order chi connectivity index (χ1) is 13.2. The van der Waals surface area contributed by atoms with E-state index in [0.29, 0.717) is 26.3 Å². The minimum Gasteiger partial charge on any atom is -0.488 e. The zero-order valence-corrected chi connectivity index (χ0v) is 16.0. The van der Waals surface area contributed by atoms with Gasteiger partial charge >= 0.3 is 6.09 Å². The maximum atomic E-state index is 12.0. The summed E-state index contributed by atoms with van der Waals surface area (Å²) in [6, 6.07) is 14.9. The van der Waals surface area contributed by atoms with Crippen LogP contribution >= 0.6 is 0 Å². The molecule has 1 saturated heterocycles. The van der Waals surface area contributed by atoms with Crippen molar-refractivity contribution >= 4 is 11.7 Å². The predicted octanol–water partition coefficient (Wildman–Crippen LogP) is 4.94. The van der Waals surface area contributed by atoms with Crippen molar-refractivity contribution < 1.29 is 14.3 Å². The van der Waals surface area contributed by atoms with Crippen molar-refractivity contribution in [3.63, 3.8) is 0 Å². The second kappa shape index (κ2) is 7.47. The molecule has 1 amide bonds. The van der Waals surface area contributed by atoms with E-state index in [1.165, 1.54) is 27.8 Å². The van der Waals surface area contributed by atoms with E-state index in [-0.39, 0.29) is 6.09 Å². The highest BCUT2D eigenvalue weighted by atomic mass is 16.6. The van der Waals surface area contributed by atoms with Crippen molar-refractivity contribution in [1.82, 2.24) is 4.90 Å². The Balaban J connectivity index is 1.76. The van der Waals surface area contributed by atoms with E-state index in [9.17, 15) is 4.79 Å². The summed E-state index contributed by atoms with van der Waals surface area (Å²) in [6.45, 7) is 6.35.